The highest BCUT2D eigenvalue weighted by Crippen LogP contribution is 2.30. The van der Waals surface area contributed by atoms with E-state index in [9.17, 15) is 5.26 Å². The Labute approximate surface area is 163 Å². The number of H-pyrrole nitrogens is 2. The topological polar surface area (TPSA) is 94.3 Å². The van der Waals surface area contributed by atoms with E-state index in [1.54, 1.807) is 6.08 Å². The summed E-state index contributed by atoms with van der Waals surface area (Å²) in [5.41, 5.74) is 4.01. The number of imidazole rings is 2. The van der Waals surface area contributed by atoms with Gasteiger partial charge in [-0.15, -0.1) is 0 Å². The van der Waals surface area contributed by atoms with Crippen molar-refractivity contribution in [1.82, 2.24) is 19.9 Å². The summed E-state index contributed by atoms with van der Waals surface area (Å²) in [6.07, 6.45) is 1.68. The molecule has 0 aliphatic carbocycles. The van der Waals surface area contributed by atoms with E-state index >= 15 is 0 Å². The Morgan fingerprint density at radius 2 is 1.64 bits per heavy atom. The minimum Gasteiger partial charge on any atom is -0.450 e. The second-order valence-electron chi connectivity index (χ2n) is 6.09. The molecule has 0 saturated heterocycles. The predicted octanol–water partition coefficient (Wildman–Crippen LogP) is 5.25. The number of aromatic nitrogens is 4. The highest BCUT2D eigenvalue weighted by atomic mass is 32.2. The van der Waals surface area contributed by atoms with Crippen molar-refractivity contribution in [2.24, 2.45) is 0 Å². The molecule has 2 aromatic carbocycles. The Hall–Kier alpha value is -3.76. The number of aromatic amines is 2. The molecular weight excluding hydrogens is 370 g/mol. The fraction of sp³-hybridized carbons (Fsp3) is 0. The minimum atomic E-state index is 0.408. The molecule has 0 radical (unpaired) electrons. The van der Waals surface area contributed by atoms with Crippen LogP contribution in [0.25, 0.3) is 33.7 Å². The smallest absolute Gasteiger partial charge is 0.174 e. The molecule has 7 heteroatoms. The Kier molecular flexibility index (Phi) is 3.96. The molecule has 6 nitrogen and oxygen atoms in total. The van der Waals surface area contributed by atoms with Crippen molar-refractivity contribution in [3.63, 3.8) is 0 Å². The normalized spacial score (nSPS) is 11.9. The lowest BCUT2D eigenvalue weighted by atomic mass is 10.2. The van der Waals surface area contributed by atoms with Crippen LogP contribution in [0.5, 0.6) is 0 Å². The van der Waals surface area contributed by atoms with Crippen molar-refractivity contribution in [2.75, 3.05) is 0 Å². The molecule has 28 heavy (non-hydrogen) atoms. The van der Waals surface area contributed by atoms with E-state index in [-0.39, 0.29) is 0 Å². The molecule has 0 fully saturated rings. The van der Waals surface area contributed by atoms with Crippen molar-refractivity contribution in [1.29, 1.82) is 5.26 Å². The number of nitriles is 1. The summed E-state index contributed by atoms with van der Waals surface area (Å²) in [5.74, 6) is 1.10. The van der Waals surface area contributed by atoms with Crippen LogP contribution in [0.15, 0.2) is 75.3 Å². The van der Waals surface area contributed by atoms with E-state index in [1.165, 1.54) is 11.8 Å². The fourth-order valence-electron chi connectivity index (χ4n) is 2.92. The van der Waals surface area contributed by atoms with Gasteiger partial charge in [-0.05, 0) is 48.2 Å². The third-order valence-corrected chi connectivity index (χ3v) is 5.03. The van der Waals surface area contributed by atoms with Crippen LogP contribution in [0.1, 0.15) is 11.6 Å². The number of hydrogen-bond donors (Lipinski definition) is 2. The number of nitrogens with one attached hydrogen (secondary N) is 2. The monoisotopic (exact) mass is 383 g/mol. The highest BCUT2D eigenvalue weighted by Gasteiger charge is 2.11. The first-order valence-corrected chi connectivity index (χ1v) is 9.39. The molecule has 0 aliphatic heterocycles. The summed E-state index contributed by atoms with van der Waals surface area (Å²) in [4.78, 5) is 15.4. The van der Waals surface area contributed by atoms with Crippen LogP contribution in [-0.2, 0) is 0 Å². The zero-order chi connectivity index (χ0) is 18.9. The molecule has 0 bridgehead atoms. The third kappa shape index (κ3) is 3.06. The molecule has 3 heterocycles. The molecule has 0 spiro atoms. The summed E-state index contributed by atoms with van der Waals surface area (Å²) in [6, 6.07) is 21.4. The SMILES string of the molecule is N#C/C(=C\c1ccc(Sc2nc3ccccc3[nH]2)o1)c1nc2ccccc2[nH]1. The first-order chi connectivity index (χ1) is 13.8. The molecule has 3 aromatic heterocycles. The standard InChI is InChI=1S/C21H13N5OS/c22-12-13(20-23-15-5-1-2-6-16(15)24-20)11-14-9-10-19(27-14)28-21-25-17-7-3-4-8-18(17)26-21/h1-11H,(H,23,24)(H,25,26)/b13-11+. The molecule has 2 N–H and O–H groups in total. The molecule has 0 unspecified atom stereocenters. The largest absolute Gasteiger partial charge is 0.450 e. The second kappa shape index (κ2) is 6.76. The number of allylic oxidation sites excluding steroid dienone is 1. The lowest BCUT2D eigenvalue weighted by molar-refractivity contribution is 0.466. The maximum atomic E-state index is 9.55. The molecule has 5 rings (SSSR count). The van der Waals surface area contributed by atoms with Crippen LogP contribution in [0.4, 0.5) is 0 Å². The van der Waals surface area contributed by atoms with Crippen LogP contribution in [0, 0.1) is 11.3 Å². The lowest BCUT2D eigenvalue weighted by Gasteiger charge is -1.93. The van der Waals surface area contributed by atoms with Crippen molar-refractivity contribution in [2.45, 2.75) is 10.2 Å². The summed E-state index contributed by atoms with van der Waals surface area (Å²) in [6.45, 7) is 0. The van der Waals surface area contributed by atoms with Crippen LogP contribution >= 0.6 is 11.8 Å². The zero-order valence-corrected chi connectivity index (χ0v) is 15.3. The van der Waals surface area contributed by atoms with Crippen molar-refractivity contribution in [3.05, 3.63) is 72.2 Å². The van der Waals surface area contributed by atoms with Crippen LogP contribution in [-0.4, -0.2) is 19.9 Å². The fourth-order valence-corrected chi connectivity index (χ4v) is 3.69. The predicted molar refractivity (Wildman–Crippen MR) is 109 cm³/mol. The maximum Gasteiger partial charge on any atom is 0.174 e. The summed E-state index contributed by atoms with van der Waals surface area (Å²) in [5, 5.41) is 11.0. The summed E-state index contributed by atoms with van der Waals surface area (Å²) in [7, 11) is 0. The highest BCUT2D eigenvalue weighted by molar-refractivity contribution is 7.99. The van der Waals surface area contributed by atoms with E-state index in [0.717, 1.165) is 27.2 Å². The van der Waals surface area contributed by atoms with Crippen molar-refractivity contribution < 1.29 is 4.42 Å². The van der Waals surface area contributed by atoms with E-state index in [4.69, 9.17) is 4.42 Å². The number of furan rings is 1. The first-order valence-electron chi connectivity index (χ1n) is 8.58. The molecule has 0 atom stereocenters. The van der Waals surface area contributed by atoms with Gasteiger partial charge in [0.25, 0.3) is 0 Å². The van der Waals surface area contributed by atoms with E-state index in [2.05, 4.69) is 26.0 Å². The van der Waals surface area contributed by atoms with Gasteiger partial charge in [0.1, 0.15) is 17.7 Å². The second-order valence-corrected chi connectivity index (χ2v) is 7.08. The number of para-hydroxylation sites is 4. The Morgan fingerprint density at radius 1 is 0.929 bits per heavy atom. The van der Waals surface area contributed by atoms with E-state index < -0.39 is 0 Å². The Morgan fingerprint density at radius 3 is 2.36 bits per heavy atom. The van der Waals surface area contributed by atoms with Crippen molar-refractivity contribution >= 4 is 45.5 Å². The van der Waals surface area contributed by atoms with Gasteiger partial charge in [0.2, 0.25) is 0 Å². The van der Waals surface area contributed by atoms with E-state index in [0.29, 0.717) is 22.3 Å². The first kappa shape index (κ1) is 16.4. The number of fused-ring (bicyclic) bond motifs is 2. The summed E-state index contributed by atoms with van der Waals surface area (Å²) < 4.78 is 5.85. The molecule has 134 valence electrons. The van der Waals surface area contributed by atoms with Gasteiger partial charge >= 0.3 is 0 Å². The number of benzene rings is 2. The number of hydrogen-bond acceptors (Lipinski definition) is 5. The average molecular weight is 383 g/mol. The molecule has 0 amide bonds. The number of nitrogens with zero attached hydrogens (tertiary/aromatic N) is 3. The van der Waals surface area contributed by atoms with Crippen molar-refractivity contribution in [3.8, 4) is 6.07 Å². The third-order valence-electron chi connectivity index (χ3n) is 4.22. The van der Waals surface area contributed by atoms with Gasteiger partial charge in [-0.25, -0.2) is 9.97 Å². The van der Waals surface area contributed by atoms with E-state index in [1.807, 2.05) is 60.7 Å². The van der Waals surface area contributed by atoms with Crippen LogP contribution in [0.3, 0.4) is 0 Å². The van der Waals surface area contributed by atoms with Gasteiger partial charge in [0.05, 0.1) is 27.6 Å². The molecule has 5 aromatic rings. The van der Waals surface area contributed by atoms with Gasteiger partial charge in [0, 0.05) is 6.08 Å². The maximum absolute atomic E-state index is 9.55. The Bertz CT molecular complexity index is 1300. The molecule has 0 saturated carbocycles. The lowest BCUT2D eigenvalue weighted by Crippen LogP contribution is -1.84. The van der Waals surface area contributed by atoms with Gasteiger partial charge in [-0.2, -0.15) is 5.26 Å². The number of rotatable bonds is 4. The van der Waals surface area contributed by atoms with Gasteiger partial charge in [0.15, 0.2) is 10.2 Å². The quantitative estimate of drug-likeness (QED) is 0.414. The molecular formula is C21H13N5OS. The van der Waals surface area contributed by atoms with Gasteiger partial charge in [-0.1, -0.05) is 24.3 Å². The minimum absolute atomic E-state index is 0.408. The van der Waals surface area contributed by atoms with Gasteiger partial charge in [-0.3, -0.25) is 0 Å². The molecule has 0 aliphatic rings. The van der Waals surface area contributed by atoms with Gasteiger partial charge < -0.3 is 14.4 Å². The summed E-state index contributed by atoms with van der Waals surface area (Å²) >= 11 is 1.40. The Balaban J connectivity index is 1.42. The van der Waals surface area contributed by atoms with Crippen LogP contribution in [0.2, 0.25) is 0 Å². The van der Waals surface area contributed by atoms with Crippen LogP contribution < -0.4 is 0 Å². The zero-order valence-electron chi connectivity index (χ0n) is 14.5. The average Bonchev–Trinajstić information content (AvgIpc) is 3.43.